The van der Waals surface area contributed by atoms with E-state index in [1.54, 1.807) is 0 Å². The number of sulfone groups is 1. The van der Waals surface area contributed by atoms with Crippen LogP contribution in [0.25, 0.3) is 0 Å². The lowest BCUT2D eigenvalue weighted by atomic mass is 10.8. The number of carbonyl (C=O) groups is 1. The first kappa shape index (κ1) is 20.7. The molecule has 0 aromatic rings. The van der Waals surface area contributed by atoms with Gasteiger partial charge in [0.15, 0.2) is 9.84 Å². The summed E-state index contributed by atoms with van der Waals surface area (Å²) in [5, 5.41) is 0.706. The molecule has 0 radical (unpaired) electrons. The maximum atomic E-state index is 10.4. The van der Waals surface area contributed by atoms with Crippen LogP contribution in [0.5, 0.6) is 0 Å². The van der Waals surface area contributed by atoms with Crippen molar-refractivity contribution in [2.45, 2.75) is 13.8 Å². The number of nitrogens with two attached hydrogens (primary N) is 1. The summed E-state index contributed by atoms with van der Waals surface area (Å²) >= 11 is 0. The number of carbonyl (C=O) groups excluding carboxylic acids is 1. The van der Waals surface area contributed by atoms with Crippen molar-refractivity contribution in [1.82, 2.24) is 0 Å². The first-order valence-corrected chi connectivity index (χ1v) is 7.18. The Morgan fingerprint density at radius 3 is 1.69 bits per heavy atom. The Hall–Kier alpha value is -0.730. The average Bonchev–Trinajstić information content (AvgIpc) is 2.03. The molecular weight excluding hydrogens is 261 g/mol. The van der Waals surface area contributed by atoms with Gasteiger partial charge >= 0.3 is 7.82 Å². The molecule has 10 heteroatoms. The number of amides is 1. The van der Waals surface area contributed by atoms with Gasteiger partial charge in [0, 0.05) is 5.41 Å². The van der Waals surface area contributed by atoms with Crippen LogP contribution in [-0.2, 0) is 19.2 Å². The Kier molecular flexibility index (Phi) is 12.3. The summed E-state index contributed by atoms with van der Waals surface area (Å²) in [6.45, 7) is 6.99. The molecule has 0 aromatic heterocycles. The fraction of sp³-hybridized carbons (Fsp3) is 0.500. The average molecular weight is 277 g/mol. The molecule has 0 spiro atoms. The molecule has 5 N–H and O–H groups in total. The van der Waals surface area contributed by atoms with Crippen molar-refractivity contribution in [3.63, 3.8) is 0 Å². The Labute approximate surface area is 93.9 Å². The molecule has 0 saturated heterocycles. The Balaban J connectivity index is -0.000000205. The molecule has 0 aliphatic heterocycles. The first-order chi connectivity index (χ1) is 6.98. The van der Waals surface area contributed by atoms with E-state index in [0.717, 1.165) is 0 Å². The van der Waals surface area contributed by atoms with E-state index in [-0.39, 0.29) is 0 Å². The predicted molar refractivity (Wildman–Crippen MR) is 58.8 cm³/mol. The van der Waals surface area contributed by atoms with Crippen molar-refractivity contribution in [3.8, 4) is 0 Å². The minimum atomic E-state index is -4.64. The highest BCUT2D eigenvalue weighted by molar-refractivity contribution is 7.94. The Bertz CT molecular complexity index is 336. The van der Waals surface area contributed by atoms with Gasteiger partial charge in [0.25, 0.3) is 0 Å². The van der Waals surface area contributed by atoms with Gasteiger partial charge in [0.2, 0.25) is 5.91 Å². The molecule has 98 valence electrons. The van der Waals surface area contributed by atoms with Gasteiger partial charge in [-0.2, -0.15) is 0 Å². The third-order valence-corrected chi connectivity index (χ3v) is 1.79. The molecule has 0 heterocycles. The standard InChI is InChI=1S/C4H7NO3S.C2H6.H3O4P/c1-2-9(7,8)3-4(5)6;1-2;1-5(2,3)4/h2H,1,3H2,(H2,5,6);1-2H3;(H3,1,2,3,4). The molecule has 8 nitrogen and oxygen atoms in total. The van der Waals surface area contributed by atoms with E-state index in [9.17, 15) is 13.2 Å². The molecule has 1 amide bonds. The van der Waals surface area contributed by atoms with Crippen molar-refractivity contribution >= 4 is 23.6 Å². The molecule has 0 atom stereocenters. The molecule has 0 unspecified atom stereocenters. The zero-order chi connectivity index (χ0) is 14.0. The number of hydrogen-bond donors (Lipinski definition) is 4. The topological polar surface area (TPSA) is 155 Å². The zero-order valence-electron chi connectivity index (χ0n) is 8.90. The Morgan fingerprint density at radius 1 is 1.38 bits per heavy atom. The second kappa shape index (κ2) is 9.49. The van der Waals surface area contributed by atoms with Crippen LogP contribution in [0.15, 0.2) is 12.0 Å². The van der Waals surface area contributed by atoms with Crippen molar-refractivity contribution in [3.05, 3.63) is 12.0 Å². The van der Waals surface area contributed by atoms with Gasteiger partial charge in [-0.25, -0.2) is 13.0 Å². The molecule has 0 bridgehead atoms. The highest BCUT2D eigenvalue weighted by atomic mass is 32.2. The van der Waals surface area contributed by atoms with Gasteiger partial charge in [-0.05, 0) is 0 Å². The van der Waals surface area contributed by atoms with Gasteiger partial charge in [0.1, 0.15) is 5.75 Å². The quantitative estimate of drug-likeness (QED) is 0.488. The molecule has 0 aliphatic rings. The summed E-state index contributed by atoms with van der Waals surface area (Å²) in [6.07, 6.45) is 0. The van der Waals surface area contributed by atoms with Gasteiger partial charge in [-0.15, -0.1) is 0 Å². The van der Waals surface area contributed by atoms with E-state index in [1.807, 2.05) is 13.8 Å². The fourth-order valence-electron chi connectivity index (χ4n) is 0.257. The summed E-state index contributed by atoms with van der Waals surface area (Å²) in [4.78, 5) is 31.5. The zero-order valence-corrected chi connectivity index (χ0v) is 10.6. The monoisotopic (exact) mass is 277 g/mol. The van der Waals surface area contributed by atoms with Crippen LogP contribution in [0.3, 0.4) is 0 Å². The number of rotatable bonds is 3. The van der Waals surface area contributed by atoms with Crippen LogP contribution in [0.4, 0.5) is 0 Å². The van der Waals surface area contributed by atoms with E-state index in [2.05, 4.69) is 12.3 Å². The summed E-state index contributed by atoms with van der Waals surface area (Å²) in [5.74, 6) is -1.52. The second-order valence-electron chi connectivity index (χ2n) is 1.95. The lowest BCUT2D eigenvalue weighted by molar-refractivity contribution is -0.115. The number of hydrogen-bond acceptors (Lipinski definition) is 4. The SMILES string of the molecule is C=CS(=O)(=O)CC(N)=O.CC.O=P(O)(O)O. The maximum Gasteiger partial charge on any atom is 0.466 e. The predicted octanol–water partition coefficient (Wildman–Crippen LogP) is -0.872. The summed E-state index contributed by atoms with van der Waals surface area (Å²) in [5.41, 5.74) is 4.59. The summed E-state index contributed by atoms with van der Waals surface area (Å²) in [6, 6.07) is 0. The molecule has 16 heavy (non-hydrogen) atoms. The van der Waals surface area contributed by atoms with Gasteiger partial charge < -0.3 is 20.4 Å². The summed E-state index contributed by atoms with van der Waals surface area (Å²) < 4.78 is 29.7. The number of phosphoric acid groups is 1. The van der Waals surface area contributed by atoms with E-state index < -0.39 is 29.3 Å². The Morgan fingerprint density at radius 2 is 1.62 bits per heavy atom. The highest BCUT2D eigenvalue weighted by Crippen LogP contribution is 2.25. The minimum absolute atomic E-state index is 0.656. The largest absolute Gasteiger partial charge is 0.466 e. The van der Waals surface area contributed by atoms with Gasteiger partial charge in [0.05, 0.1) is 0 Å². The number of primary amides is 1. The third kappa shape index (κ3) is 37.8. The van der Waals surface area contributed by atoms with E-state index in [4.69, 9.17) is 19.2 Å². The lowest BCUT2D eigenvalue weighted by Gasteiger charge is -1.89. The lowest BCUT2D eigenvalue weighted by Crippen LogP contribution is -2.21. The van der Waals surface area contributed by atoms with Crippen LogP contribution >= 0.6 is 7.82 Å². The minimum Gasteiger partial charge on any atom is -0.369 e. The van der Waals surface area contributed by atoms with Crippen molar-refractivity contribution in [1.29, 1.82) is 0 Å². The van der Waals surface area contributed by atoms with Crippen molar-refractivity contribution in [2.75, 3.05) is 5.75 Å². The van der Waals surface area contributed by atoms with Crippen LogP contribution in [-0.4, -0.2) is 34.8 Å². The molecule has 0 aromatic carbocycles. The van der Waals surface area contributed by atoms with Crippen LogP contribution in [0.2, 0.25) is 0 Å². The van der Waals surface area contributed by atoms with E-state index in [1.165, 1.54) is 0 Å². The molecule has 0 aliphatic carbocycles. The molecule has 0 saturated carbocycles. The third-order valence-electron chi connectivity index (χ3n) is 0.597. The van der Waals surface area contributed by atoms with Gasteiger partial charge in [-0.1, -0.05) is 20.4 Å². The van der Waals surface area contributed by atoms with Crippen LogP contribution in [0, 0.1) is 0 Å². The van der Waals surface area contributed by atoms with Crippen molar-refractivity contribution in [2.24, 2.45) is 5.73 Å². The maximum absolute atomic E-state index is 10.4. The summed E-state index contributed by atoms with van der Waals surface area (Å²) in [7, 11) is -8.07. The molecule has 0 fully saturated rings. The first-order valence-electron chi connectivity index (χ1n) is 3.89. The molecule has 0 rings (SSSR count). The van der Waals surface area contributed by atoms with Crippen molar-refractivity contribution < 1.29 is 32.5 Å². The van der Waals surface area contributed by atoms with E-state index >= 15 is 0 Å². The van der Waals surface area contributed by atoms with Crippen LogP contribution < -0.4 is 5.73 Å². The normalized spacial score (nSPS) is 10.1. The van der Waals surface area contributed by atoms with E-state index in [0.29, 0.717) is 5.41 Å². The second-order valence-corrected chi connectivity index (χ2v) is 4.93. The molecular formula is C6H16NO7PS. The highest BCUT2D eigenvalue weighted by Gasteiger charge is 2.07. The van der Waals surface area contributed by atoms with Gasteiger partial charge in [-0.3, -0.25) is 4.79 Å². The smallest absolute Gasteiger partial charge is 0.369 e. The fourth-order valence-corrected chi connectivity index (χ4v) is 0.772. The van der Waals surface area contributed by atoms with Crippen LogP contribution in [0.1, 0.15) is 13.8 Å².